The number of rotatable bonds is 18. The van der Waals surface area contributed by atoms with Crippen LogP contribution in [0, 0.1) is 5.92 Å². The molecule has 2 heteroatoms. The van der Waals surface area contributed by atoms with E-state index in [4.69, 9.17) is 0 Å². The third-order valence-electron chi connectivity index (χ3n) is 5.85. The van der Waals surface area contributed by atoms with Gasteiger partial charge in [-0.2, -0.15) is 0 Å². The maximum absolute atomic E-state index is 3.40. The van der Waals surface area contributed by atoms with Gasteiger partial charge in [0.1, 0.15) is 0 Å². The Bertz CT molecular complexity index is 242. The topological polar surface area (TPSA) is 0 Å². The molecule has 154 valence electrons. The van der Waals surface area contributed by atoms with Crippen molar-refractivity contribution in [2.75, 3.05) is 0 Å². The second-order valence-corrected chi connectivity index (χ2v) is 9.34. The van der Waals surface area contributed by atoms with E-state index < -0.39 is 0 Å². The molecule has 0 amide bonds. The molecule has 2 unspecified atom stereocenters. The monoisotopic (exact) mass is 392 g/mol. The fraction of sp³-hybridized carbons (Fsp3) is 1.00. The van der Waals surface area contributed by atoms with Crippen molar-refractivity contribution in [3.63, 3.8) is 0 Å². The van der Waals surface area contributed by atoms with Gasteiger partial charge in [-0.3, -0.25) is 0 Å². The molecule has 0 fully saturated rings. The van der Waals surface area contributed by atoms with Crippen molar-refractivity contribution in [3.8, 4) is 0 Å². The van der Waals surface area contributed by atoms with Crippen molar-refractivity contribution in [1.82, 2.24) is 0 Å². The van der Waals surface area contributed by atoms with Crippen LogP contribution in [0.25, 0.3) is 0 Å². The Morgan fingerprint density at radius 2 is 1.00 bits per heavy atom. The van der Waals surface area contributed by atoms with Gasteiger partial charge in [0.25, 0.3) is 0 Å². The SMILES string of the molecule is CCCCCCC(CCC)C(P)(CCCCCC)CCCCCC.Cl. The standard InChI is InChI=1S/C23H49P.ClH/c1-5-9-12-15-19-22(18-8-4)23(24,20-16-13-10-6-2)21-17-14-11-7-3;/h22H,5-21,24H2,1-4H3;1H. The van der Waals surface area contributed by atoms with Crippen LogP contribution in [0.2, 0.25) is 0 Å². The average molecular weight is 393 g/mol. The predicted molar refractivity (Wildman–Crippen MR) is 124 cm³/mol. The van der Waals surface area contributed by atoms with Crippen LogP contribution in [0.5, 0.6) is 0 Å². The molecule has 0 saturated carbocycles. The lowest BCUT2D eigenvalue weighted by Gasteiger charge is -2.39. The second-order valence-electron chi connectivity index (χ2n) is 8.19. The van der Waals surface area contributed by atoms with Gasteiger partial charge in [0.2, 0.25) is 0 Å². The predicted octanol–water partition coefficient (Wildman–Crippen LogP) is 9.35. The summed E-state index contributed by atoms with van der Waals surface area (Å²) in [5, 5.41) is 0.531. The first-order valence-electron chi connectivity index (χ1n) is 11.4. The fourth-order valence-corrected chi connectivity index (χ4v) is 4.92. The number of unbranched alkanes of at least 4 members (excludes halogenated alkanes) is 9. The summed E-state index contributed by atoms with van der Waals surface area (Å²) < 4.78 is 0. The zero-order chi connectivity index (χ0) is 18.1. The van der Waals surface area contributed by atoms with E-state index in [9.17, 15) is 0 Å². The highest BCUT2D eigenvalue weighted by molar-refractivity contribution is 7.19. The first-order valence-corrected chi connectivity index (χ1v) is 12.0. The zero-order valence-electron chi connectivity index (χ0n) is 18.1. The maximum atomic E-state index is 3.40. The summed E-state index contributed by atoms with van der Waals surface area (Å²) in [6.45, 7) is 9.36. The van der Waals surface area contributed by atoms with Crippen molar-refractivity contribution < 1.29 is 0 Å². The summed E-state index contributed by atoms with van der Waals surface area (Å²) in [6, 6.07) is 0. The van der Waals surface area contributed by atoms with Crippen molar-refractivity contribution >= 4 is 21.6 Å². The molecule has 0 heterocycles. The van der Waals surface area contributed by atoms with Crippen LogP contribution in [0.4, 0.5) is 0 Å². The molecule has 0 aliphatic carbocycles. The van der Waals surface area contributed by atoms with Crippen molar-refractivity contribution in [3.05, 3.63) is 0 Å². The van der Waals surface area contributed by atoms with Gasteiger partial charge >= 0.3 is 0 Å². The van der Waals surface area contributed by atoms with Crippen LogP contribution >= 0.6 is 21.6 Å². The molecule has 0 rings (SSSR count). The molecule has 0 bridgehead atoms. The molecule has 0 spiro atoms. The van der Waals surface area contributed by atoms with E-state index in [-0.39, 0.29) is 12.4 Å². The molecule has 25 heavy (non-hydrogen) atoms. The third-order valence-corrected chi connectivity index (χ3v) is 6.90. The summed E-state index contributed by atoms with van der Waals surface area (Å²) in [5.74, 6) is 0.938. The Hall–Kier alpha value is 0.720. The van der Waals surface area contributed by atoms with Crippen molar-refractivity contribution in [1.29, 1.82) is 0 Å². The molecule has 0 aromatic heterocycles. The Balaban J connectivity index is 0. The van der Waals surface area contributed by atoms with Crippen LogP contribution in [0.15, 0.2) is 0 Å². The lowest BCUT2D eigenvalue weighted by molar-refractivity contribution is 0.275. The average Bonchev–Trinajstić information content (AvgIpc) is 2.58. The normalized spacial score (nSPS) is 12.8. The van der Waals surface area contributed by atoms with Gasteiger partial charge in [0, 0.05) is 0 Å². The van der Waals surface area contributed by atoms with E-state index in [2.05, 4.69) is 36.9 Å². The minimum Gasteiger partial charge on any atom is -0.147 e. The number of halogens is 1. The Kier molecular flexibility index (Phi) is 21.8. The summed E-state index contributed by atoms with van der Waals surface area (Å²) >= 11 is 0. The first-order chi connectivity index (χ1) is 11.6. The summed E-state index contributed by atoms with van der Waals surface area (Å²) in [7, 11) is 3.40. The Labute approximate surface area is 169 Å². The molecule has 0 nitrogen and oxygen atoms in total. The largest absolute Gasteiger partial charge is 0.147 e. The van der Waals surface area contributed by atoms with E-state index in [1.807, 2.05) is 0 Å². The minimum absolute atomic E-state index is 0. The first kappa shape index (κ1) is 27.9. The highest BCUT2D eigenvalue weighted by atomic mass is 35.5. The Morgan fingerprint density at radius 1 is 0.560 bits per heavy atom. The Morgan fingerprint density at radius 3 is 1.40 bits per heavy atom. The summed E-state index contributed by atoms with van der Waals surface area (Å²) in [5.41, 5.74) is 0. The molecule has 0 aromatic rings. The molecular weight excluding hydrogens is 343 g/mol. The van der Waals surface area contributed by atoms with Gasteiger partial charge in [-0.05, 0) is 36.8 Å². The second kappa shape index (κ2) is 19.5. The van der Waals surface area contributed by atoms with E-state index >= 15 is 0 Å². The zero-order valence-corrected chi connectivity index (χ0v) is 20.1. The van der Waals surface area contributed by atoms with E-state index in [0.717, 1.165) is 5.92 Å². The van der Waals surface area contributed by atoms with Gasteiger partial charge in [0.15, 0.2) is 0 Å². The highest BCUT2D eigenvalue weighted by Gasteiger charge is 2.32. The maximum Gasteiger partial charge on any atom is -0.0122 e. The van der Waals surface area contributed by atoms with Gasteiger partial charge < -0.3 is 0 Å². The van der Waals surface area contributed by atoms with Crippen LogP contribution in [-0.4, -0.2) is 5.16 Å². The fourth-order valence-electron chi connectivity index (χ4n) is 4.18. The smallest absolute Gasteiger partial charge is 0.0122 e. The molecular formula is C23H50ClP. The van der Waals surface area contributed by atoms with E-state index in [1.54, 1.807) is 0 Å². The van der Waals surface area contributed by atoms with Crippen molar-refractivity contribution in [2.24, 2.45) is 5.92 Å². The van der Waals surface area contributed by atoms with Crippen LogP contribution in [-0.2, 0) is 0 Å². The summed E-state index contributed by atoms with van der Waals surface area (Å²) in [6.07, 6.45) is 24.2. The van der Waals surface area contributed by atoms with Gasteiger partial charge in [-0.1, -0.05) is 111 Å². The molecule has 2 atom stereocenters. The number of hydrogen-bond donors (Lipinski definition) is 0. The summed E-state index contributed by atoms with van der Waals surface area (Å²) in [4.78, 5) is 0. The van der Waals surface area contributed by atoms with E-state index in [1.165, 1.54) is 109 Å². The quantitative estimate of drug-likeness (QED) is 0.161. The van der Waals surface area contributed by atoms with Gasteiger partial charge in [0.05, 0.1) is 0 Å². The van der Waals surface area contributed by atoms with Crippen molar-refractivity contribution in [2.45, 2.75) is 142 Å². The molecule has 0 aliphatic heterocycles. The number of hydrogen-bond acceptors (Lipinski definition) is 0. The highest BCUT2D eigenvalue weighted by Crippen LogP contribution is 2.43. The molecule has 0 N–H and O–H groups in total. The lowest BCUT2D eigenvalue weighted by atomic mass is 9.77. The van der Waals surface area contributed by atoms with Crippen LogP contribution in [0.3, 0.4) is 0 Å². The lowest BCUT2D eigenvalue weighted by Crippen LogP contribution is -2.32. The molecule has 0 aromatic carbocycles. The van der Waals surface area contributed by atoms with Gasteiger partial charge in [-0.15, -0.1) is 21.6 Å². The minimum atomic E-state index is 0. The molecule has 0 saturated heterocycles. The van der Waals surface area contributed by atoms with Crippen LogP contribution < -0.4 is 0 Å². The third kappa shape index (κ3) is 14.4. The van der Waals surface area contributed by atoms with Crippen LogP contribution in [0.1, 0.15) is 137 Å². The van der Waals surface area contributed by atoms with E-state index in [0.29, 0.717) is 5.16 Å². The molecule has 0 radical (unpaired) electrons. The van der Waals surface area contributed by atoms with Gasteiger partial charge in [-0.25, -0.2) is 0 Å². The molecule has 0 aliphatic rings.